The molecule has 1 heterocycles. The summed E-state index contributed by atoms with van der Waals surface area (Å²) in [7, 11) is 1.80. The quantitative estimate of drug-likeness (QED) is 0.739. The molecule has 0 aromatic heterocycles. The molecule has 100 valence electrons. The maximum atomic E-state index is 5.75. The first-order valence-electron chi connectivity index (χ1n) is 7.49. The predicted molar refractivity (Wildman–Crippen MR) is 69.8 cm³/mol. The van der Waals surface area contributed by atoms with E-state index in [2.05, 4.69) is 6.92 Å². The van der Waals surface area contributed by atoms with Gasteiger partial charge < -0.3 is 9.47 Å². The van der Waals surface area contributed by atoms with Crippen LogP contribution in [0, 0.1) is 17.8 Å². The molecule has 0 amide bonds. The smallest absolute Gasteiger partial charge is 0.160 e. The van der Waals surface area contributed by atoms with E-state index in [9.17, 15) is 0 Å². The monoisotopic (exact) mass is 240 g/mol. The molecule has 1 saturated heterocycles. The number of ether oxygens (including phenoxy) is 2. The van der Waals surface area contributed by atoms with Gasteiger partial charge in [-0.2, -0.15) is 0 Å². The Hall–Kier alpha value is -0.0800. The summed E-state index contributed by atoms with van der Waals surface area (Å²) < 4.78 is 11.3. The van der Waals surface area contributed by atoms with Crippen LogP contribution in [0.3, 0.4) is 0 Å². The minimum Gasteiger partial charge on any atom is -0.356 e. The van der Waals surface area contributed by atoms with E-state index in [1.165, 1.54) is 51.4 Å². The van der Waals surface area contributed by atoms with Gasteiger partial charge in [0.1, 0.15) is 0 Å². The summed E-state index contributed by atoms with van der Waals surface area (Å²) in [5.74, 6) is 2.52. The molecule has 2 atom stereocenters. The Morgan fingerprint density at radius 2 is 1.88 bits per heavy atom. The molecule has 2 fully saturated rings. The highest BCUT2D eigenvalue weighted by molar-refractivity contribution is 4.81. The van der Waals surface area contributed by atoms with Gasteiger partial charge in [-0.05, 0) is 37.5 Å². The average Bonchev–Trinajstić information content (AvgIpc) is 2.40. The Labute approximate surface area is 106 Å². The zero-order valence-corrected chi connectivity index (χ0v) is 11.5. The van der Waals surface area contributed by atoms with Crippen molar-refractivity contribution in [2.24, 2.45) is 17.8 Å². The van der Waals surface area contributed by atoms with E-state index in [0.29, 0.717) is 5.92 Å². The molecule has 2 rings (SSSR count). The average molecular weight is 240 g/mol. The van der Waals surface area contributed by atoms with Crippen LogP contribution in [-0.4, -0.2) is 20.0 Å². The highest BCUT2D eigenvalue weighted by Gasteiger charge is 2.34. The topological polar surface area (TPSA) is 18.5 Å². The normalized spacial score (nSPS) is 39.2. The van der Waals surface area contributed by atoms with Crippen molar-refractivity contribution in [3.63, 3.8) is 0 Å². The summed E-state index contributed by atoms with van der Waals surface area (Å²) in [5, 5.41) is 0. The van der Waals surface area contributed by atoms with Gasteiger partial charge in [0.15, 0.2) is 6.29 Å². The van der Waals surface area contributed by atoms with Crippen LogP contribution in [0.2, 0.25) is 0 Å². The van der Waals surface area contributed by atoms with Crippen LogP contribution in [0.25, 0.3) is 0 Å². The summed E-state index contributed by atoms with van der Waals surface area (Å²) >= 11 is 0. The van der Waals surface area contributed by atoms with Gasteiger partial charge in [-0.25, -0.2) is 0 Å². The zero-order valence-electron chi connectivity index (χ0n) is 11.5. The number of methoxy groups -OCH3 is 1. The fourth-order valence-corrected chi connectivity index (χ4v) is 3.79. The van der Waals surface area contributed by atoms with Crippen molar-refractivity contribution in [3.8, 4) is 0 Å². The molecule has 17 heavy (non-hydrogen) atoms. The maximum Gasteiger partial charge on any atom is 0.160 e. The molecule has 2 unspecified atom stereocenters. The summed E-state index contributed by atoms with van der Waals surface area (Å²) in [5.41, 5.74) is 0. The molecule has 1 saturated carbocycles. The van der Waals surface area contributed by atoms with Gasteiger partial charge in [-0.15, -0.1) is 0 Å². The van der Waals surface area contributed by atoms with E-state index in [-0.39, 0.29) is 6.29 Å². The molecule has 2 aliphatic rings. The van der Waals surface area contributed by atoms with Crippen LogP contribution in [0.1, 0.15) is 58.3 Å². The first-order chi connectivity index (χ1) is 8.35. The Morgan fingerprint density at radius 3 is 2.53 bits per heavy atom. The summed E-state index contributed by atoms with van der Waals surface area (Å²) in [6, 6.07) is 0. The highest BCUT2D eigenvalue weighted by Crippen LogP contribution is 2.40. The molecule has 0 spiro atoms. The molecule has 0 bridgehead atoms. The molecule has 1 aliphatic heterocycles. The maximum absolute atomic E-state index is 5.75. The van der Waals surface area contributed by atoms with Gasteiger partial charge >= 0.3 is 0 Å². The number of rotatable bonds is 4. The van der Waals surface area contributed by atoms with Gasteiger partial charge in [-0.3, -0.25) is 0 Å². The molecular weight excluding hydrogens is 212 g/mol. The fourth-order valence-electron chi connectivity index (χ4n) is 3.79. The van der Waals surface area contributed by atoms with Crippen LogP contribution in [0.15, 0.2) is 0 Å². The zero-order chi connectivity index (χ0) is 12.1. The van der Waals surface area contributed by atoms with E-state index in [4.69, 9.17) is 9.47 Å². The second kappa shape index (κ2) is 6.75. The van der Waals surface area contributed by atoms with Gasteiger partial charge in [-0.1, -0.05) is 32.6 Å². The third-order valence-corrected chi connectivity index (χ3v) is 4.74. The molecule has 0 radical (unpaired) electrons. The Bertz CT molecular complexity index is 209. The van der Waals surface area contributed by atoms with Crippen molar-refractivity contribution in [1.82, 2.24) is 0 Å². The minimum atomic E-state index is 0.0801. The van der Waals surface area contributed by atoms with E-state index in [1.54, 1.807) is 7.11 Å². The summed E-state index contributed by atoms with van der Waals surface area (Å²) in [4.78, 5) is 0. The van der Waals surface area contributed by atoms with Gasteiger partial charge in [0, 0.05) is 19.6 Å². The second-order valence-corrected chi connectivity index (χ2v) is 5.85. The van der Waals surface area contributed by atoms with Crippen molar-refractivity contribution in [1.29, 1.82) is 0 Å². The fraction of sp³-hybridized carbons (Fsp3) is 1.00. The second-order valence-electron chi connectivity index (χ2n) is 5.85. The van der Waals surface area contributed by atoms with E-state index in [1.807, 2.05) is 0 Å². The van der Waals surface area contributed by atoms with Crippen LogP contribution < -0.4 is 0 Å². The summed E-state index contributed by atoms with van der Waals surface area (Å²) in [6.45, 7) is 3.20. The SMILES string of the molecule is CCCC1CCC(C2CCCOC2OC)CC1. The van der Waals surface area contributed by atoms with Crippen molar-refractivity contribution in [2.75, 3.05) is 13.7 Å². The lowest BCUT2D eigenvalue weighted by Crippen LogP contribution is -2.37. The third kappa shape index (κ3) is 3.45. The van der Waals surface area contributed by atoms with Crippen LogP contribution >= 0.6 is 0 Å². The lowest BCUT2D eigenvalue weighted by Gasteiger charge is -2.39. The molecule has 0 aromatic carbocycles. The van der Waals surface area contributed by atoms with Crippen LogP contribution in [-0.2, 0) is 9.47 Å². The lowest BCUT2D eigenvalue weighted by molar-refractivity contribution is -0.192. The van der Waals surface area contributed by atoms with Crippen LogP contribution in [0.4, 0.5) is 0 Å². The standard InChI is InChI=1S/C15H28O2/c1-3-5-12-7-9-13(10-8-12)14-6-4-11-17-15(14)16-2/h12-15H,3-11H2,1-2H3. The molecule has 2 nitrogen and oxygen atoms in total. The molecular formula is C15H28O2. The van der Waals surface area contributed by atoms with E-state index in [0.717, 1.165) is 18.4 Å². The molecule has 1 aliphatic carbocycles. The van der Waals surface area contributed by atoms with Crippen molar-refractivity contribution in [2.45, 2.75) is 64.6 Å². The Morgan fingerprint density at radius 1 is 1.12 bits per heavy atom. The van der Waals surface area contributed by atoms with Crippen LogP contribution in [0.5, 0.6) is 0 Å². The van der Waals surface area contributed by atoms with Gasteiger partial charge in [0.2, 0.25) is 0 Å². The van der Waals surface area contributed by atoms with E-state index < -0.39 is 0 Å². The van der Waals surface area contributed by atoms with Crippen molar-refractivity contribution in [3.05, 3.63) is 0 Å². The van der Waals surface area contributed by atoms with E-state index >= 15 is 0 Å². The Balaban J connectivity index is 1.82. The van der Waals surface area contributed by atoms with Gasteiger partial charge in [0.25, 0.3) is 0 Å². The minimum absolute atomic E-state index is 0.0801. The molecule has 0 aromatic rings. The van der Waals surface area contributed by atoms with Crippen molar-refractivity contribution < 1.29 is 9.47 Å². The third-order valence-electron chi connectivity index (χ3n) is 4.74. The van der Waals surface area contributed by atoms with Crippen molar-refractivity contribution >= 4 is 0 Å². The number of hydrogen-bond acceptors (Lipinski definition) is 2. The number of hydrogen-bond donors (Lipinski definition) is 0. The van der Waals surface area contributed by atoms with Gasteiger partial charge in [0.05, 0.1) is 0 Å². The first kappa shape index (κ1) is 13.4. The highest BCUT2D eigenvalue weighted by atomic mass is 16.7. The predicted octanol–water partition coefficient (Wildman–Crippen LogP) is 3.99. The first-order valence-corrected chi connectivity index (χ1v) is 7.49. The molecule has 2 heteroatoms. The largest absolute Gasteiger partial charge is 0.356 e. The lowest BCUT2D eigenvalue weighted by atomic mass is 9.73. The Kier molecular flexibility index (Phi) is 5.30. The molecule has 0 N–H and O–H groups in total. The summed E-state index contributed by atoms with van der Waals surface area (Å²) in [6.07, 6.45) is 11.1.